The molecule has 0 saturated carbocycles. The number of nitrogens with one attached hydrogen (secondary N) is 1. The van der Waals surface area contributed by atoms with E-state index < -0.39 is 11.9 Å². The number of carbonyl (C=O) groups is 2. The van der Waals surface area contributed by atoms with Gasteiger partial charge in [0, 0.05) is 30.8 Å². The van der Waals surface area contributed by atoms with Gasteiger partial charge in [0.1, 0.15) is 0 Å². The van der Waals surface area contributed by atoms with E-state index in [0.29, 0.717) is 13.0 Å². The number of amides is 1. The zero-order valence-electron chi connectivity index (χ0n) is 10.6. The van der Waals surface area contributed by atoms with Gasteiger partial charge in [-0.15, -0.1) is 0 Å². The summed E-state index contributed by atoms with van der Waals surface area (Å²) in [5.41, 5.74) is 0.248. The van der Waals surface area contributed by atoms with Crippen LogP contribution in [0.15, 0.2) is 18.3 Å². The largest absolute Gasteiger partial charge is 0.481 e. The molecule has 0 aliphatic heterocycles. The average Bonchev–Trinajstić information content (AvgIpc) is 2.37. The van der Waals surface area contributed by atoms with Crippen LogP contribution in [0.3, 0.4) is 0 Å². The minimum atomic E-state index is -0.784. The van der Waals surface area contributed by atoms with Crippen LogP contribution in [0.5, 0.6) is 0 Å². The molecule has 0 fully saturated rings. The Bertz CT molecular complexity index is 438. The van der Waals surface area contributed by atoms with Crippen LogP contribution < -0.4 is 5.32 Å². The summed E-state index contributed by atoms with van der Waals surface area (Å²) < 4.78 is 12.8. The molecule has 1 rings (SSSR count). The maximum atomic E-state index is 12.8. The zero-order valence-corrected chi connectivity index (χ0v) is 10.6. The van der Waals surface area contributed by atoms with E-state index in [9.17, 15) is 14.0 Å². The molecule has 0 atom stereocenters. The highest BCUT2D eigenvalue weighted by Gasteiger charge is 2.05. The highest BCUT2D eigenvalue weighted by molar-refractivity contribution is 5.93. The highest BCUT2D eigenvalue weighted by Crippen LogP contribution is 2.03. The number of halogens is 1. The molecule has 0 aliphatic rings. The van der Waals surface area contributed by atoms with Crippen molar-refractivity contribution in [2.45, 2.75) is 32.1 Å². The van der Waals surface area contributed by atoms with Gasteiger partial charge in [-0.2, -0.15) is 4.39 Å². The molecule has 1 aromatic heterocycles. The number of carboxylic acid groups (broad SMARTS) is 1. The number of rotatable bonds is 8. The van der Waals surface area contributed by atoms with Crippen molar-refractivity contribution >= 4 is 11.9 Å². The van der Waals surface area contributed by atoms with Gasteiger partial charge in [0.2, 0.25) is 5.95 Å². The van der Waals surface area contributed by atoms with Gasteiger partial charge in [0.15, 0.2) is 0 Å². The molecule has 1 amide bonds. The maximum Gasteiger partial charge on any atom is 0.303 e. The number of hydrogen-bond donors (Lipinski definition) is 2. The molecule has 104 valence electrons. The number of nitrogens with zero attached hydrogens (tertiary/aromatic N) is 1. The predicted molar refractivity (Wildman–Crippen MR) is 67.2 cm³/mol. The fourth-order valence-corrected chi connectivity index (χ4v) is 1.60. The number of aromatic nitrogens is 1. The van der Waals surface area contributed by atoms with E-state index in [1.165, 1.54) is 12.3 Å². The summed E-state index contributed by atoms with van der Waals surface area (Å²) in [6, 6.07) is 2.54. The Hall–Kier alpha value is -1.98. The topological polar surface area (TPSA) is 79.3 Å². The van der Waals surface area contributed by atoms with Crippen LogP contribution in [0.4, 0.5) is 4.39 Å². The summed E-state index contributed by atoms with van der Waals surface area (Å²) in [6.07, 6.45) is 4.54. The molecule has 0 radical (unpaired) electrons. The van der Waals surface area contributed by atoms with E-state index in [2.05, 4.69) is 10.3 Å². The molecule has 1 heterocycles. The fourth-order valence-electron chi connectivity index (χ4n) is 1.60. The van der Waals surface area contributed by atoms with Gasteiger partial charge in [0.05, 0.1) is 0 Å². The van der Waals surface area contributed by atoms with Crippen LogP contribution in [-0.4, -0.2) is 28.5 Å². The molecular weight excluding hydrogens is 251 g/mol. The third kappa shape index (κ3) is 6.49. The first-order chi connectivity index (χ1) is 9.09. The van der Waals surface area contributed by atoms with Crippen molar-refractivity contribution in [3.05, 3.63) is 29.8 Å². The van der Waals surface area contributed by atoms with Crippen LogP contribution in [0.1, 0.15) is 42.5 Å². The van der Waals surface area contributed by atoms with E-state index in [0.717, 1.165) is 25.3 Å². The minimum absolute atomic E-state index is 0.183. The van der Waals surface area contributed by atoms with Crippen molar-refractivity contribution in [3.63, 3.8) is 0 Å². The smallest absolute Gasteiger partial charge is 0.303 e. The van der Waals surface area contributed by atoms with Crippen LogP contribution in [0.25, 0.3) is 0 Å². The van der Waals surface area contributed by atoms with E-state index in [1.807, 2.05) is 0 Å². The molecule has 5 nitrogen and oxygen atoms in total. The molecule has 0 spiro atoms. The van der Waals surface area contributed by atoms with Crippen molar-refractivity contribution in [3.8, 4) is 0 Å². The van der Waals surface area contributed by atoms with E-state index >= 15 is 0 Å². The monoisotopic (exact) mass is 268 g/mol. The summed E-state index contributed by atoms with van der Waals surface area (Å²) >= 11 is 0. The lowest BCUT2D eigenvalue weighted by molar-refractivity contribution is -0.137. The van der Waals surface area contributed by atoms with Crippen molar-refractivity contribution in [1.29, 1.82) is 0 Å². The SMILES string of the molecule is O=C(O)CCCCCCNC(=O)c1ccnc(F)c1. The molecule has 0 unspecified atom stereocenters. The number of unbranched alkanes of at least 4 members (excludes halogenated alkanes) is 3. The quantitative estimate of drug-likeness (QED) is 0.558. The molecule has 0 saturated heterocycles. The standard InChI is InChI=1S/C13H17FN2O3/c14-11-9-10(6-8-15-11)13(19)16-7-4-2-1-3-5-12(17)18/h6,8-9H,1-5,7H2,(H,16,19)(H,17,18). The first-order valence-corrected chi connectivity index (χ1v) is 6.21. The Morgan fingerprint density at radius 3 is 2.68 bits per heavy atom. The third-order valence-electron chi connectivity index (χ3n) is 2.59. The molecule has 0 bridgehead atoms. The third-order valence-corrected chi connectivity index (χ3v) is 2.59. The van der Waals surface area contributed by atoms with Crippen LogP contribution >= 0.6 is 0 Å². The van der Waals surface area contributed by atoms with Crippen LogP contribution in [-0.2, 0) is 4.79 Å². The summed E-state index contributed by atoms with van der Waals surface area (Å²) in [4.78, 5) is 25.2. The van der Waals surface area contributed by atoms with Gasteiger partial charge in [0.25, 0.3) is 5.91 Å². The van der Waals surface area contributed by atoms with E-state index in [-0.39, 0.29) is 17.9 Å². The molecule has 0 aliphatic carbocycles. The van der Waals surface area contributed by atoms with E-state index in [4.69, 9.17) is 5.11 Å². The first-order valence-electron chi connectivity index (χ1n) is 6.21. The highest BCUT2D eigenvalue weighted by atomic mass is 19.1. The van der Waals surface area contributed by atoms with Gasteiger partial charge in [-0.3, -0.25) is 9.59 Å². The van der Waals surface area contributed by atoms with Crippen molar-refractivity contribution in [2.75, 3.05) is 6.54 Å². The fraction of sp³-hybridized carbons (Fsp3) is 0.462. The number of carbonyl (C=O) groups excluding carboxylic acids is 1. The van der Waals surface area contributed by atoms with Gasteiger partial charge in [-0.1, -0.05) is 12.8 Å². The Balaban J connectivity index is 2.12. The second-order valence-electron chi connectivity index (χ2n) is 4.18. The molecule has 0 aromatic carbocycles. The second kappa shape index (κ2) is 8.18. The normalized spacial score (nSPS) is 10.2. The zero-order chi connectivity index (χ0) is 14.1. The summed E-state index contributed by atoms with van der Waals surface area (Å²) in [7, 11) is 0. The number of pyridine rings is 1. The lowest BCUT2D eigenvalue weighted by Gasteiger charge is -2.04. The molecule has 6 heteroatoms. The maximum absolute atomic E-state index is 12.8. The van der Waals surface area contributed by atoms with E-state index in [1.54, 1.807) is 0 Å². The Labute approximate surface area is 110 Å². The molecule has 19 heavy (non-hydrogen) atoms. The Morgan fingerprint density at radius 1 is 1.26 bits per heavy atom. The molecular formula is C13H17FN2O3. The second-order valence-corrected chi connectivity index (χ2v) is 4.18. The van der Waals surface area contributed by atoms with Gasteiger partial charge < -0.3 is 10.4 Å². The van der Waals surface area contributed by atoms with Crippen molar-refractivity contribution in [1.82, 2.24) is 10.3 Å². The Morgan fingerprint density at radius 2 is 2.00 bits per heavy atom. The van der Waals surface area contributed by atoms with Gasteiger partial charge in [-0.25, -0.2) is 4.98 Å². The molecule has 2 N–H and O–H groups in total. The van der Waals surface area contributed by atoms with Crippen LogP contribution in [0, 0.1) is 5.95 Å². The minimum Gasteiger partial charge on any atom is -0.481 e. The first kappa shape index (κ1) is 15.1. The van der Waals surface area contributed by atoms with Crippen molar-refractivity contribution < 1.29 is 19.1 Å². The number of aliphatic carboxylic acids is 1. The van der Waals surface area contributed by atoms with Gasteiger partial charge >= 0.3 is 5.97 Å². The molecule has 1 aromatic rings. The summed E-state index contributed by atoms with van der Waals surface area (Å²) in [5.74, 6) is -1.79. The lowest BCUT2D eigenvalue weighted by atomic mass is 10.1. The summed E-state index contributed by atoms with van der Waals surface area (Å²) in [6.45, 7) is 0.496. The summed E-state index contributed by atoms with van der Waals surface area (Å²) in [5, 5.41) is 11.1. The predicted octanol–water partition coefficient (Wildman–Crippen LogP) is 1.99. The number of hydrogen-bond acceptors (Lipinski definition) is 3. The van der Waals surface area contributed by atoms with Crippen LogP contribution in [0.2, 0.25) is 0 Å². The lowest BCUT2D eigenvalue weighted by Crippen LogP contribution is -2.24. The Kier molecular flexibility index (Phi) is 6.49. The average molecular weight is 268 g/mol. The van der Waals surface area contributed by atoms with Gasteiger partial charge in [-0.05, 0) is 18.9 Å². The van der Waals surface area contributed by atoms with Crippen molar-refractivity contribution in [2.24, 2.45) is 0 Å². The number of carboxylic acids is 1.